The maximum Gasteiger partial charge on any atom is 0.471 e. The zero-order valence-electron chi connectivity index (χ0n) is 11.4. The lowest BCUT2D eigenvalue weighted by Gasteiger charge is -2.33. The van der Waals surface area contributed by atoms with E-state index in [9.17, 15) is 22.8 Å². The first-order valence-electron chi connectivity index (χ1n) is 6.84. The van der Waals surface area contributed by atoms with Crippen molar-refractivity contribution in [3.05, 3.63) is 0 Å². The Balaban J connectivity index is 2.87. The predicted octanol–water partition coefficient (Wildman–Crippen LogP) is 2.82. The topological polar surface area (TPSA) is 57.6 Å². The Morgan fingerprint density at radius 3 is 2.10 bits per heavy atom. The molecule has 1 aliphatic rings. The second-order valence-corrected chi connectivity index (χ2v) is 5.34. The molecule has 0 radical (unpaired) electrons. The van der Waals surface area contributed by atoms with Gasteiger partial charge in [0.25, 0.3) is 0 Å². The molecule has 4 nitrogen and oxygen atoms in total. The van der Waals surface area contributed by atoms with Gasteiger partial charge in [-0.15, -0.1) is 0 Å². The second-order valence-electron chi connectivity index (χ2n) is 5.34. The number of nitrogens with zero attached hydrogens (tertiary/aromatic N) is 1. The Hall–Kier alpha value is -1.27. The molecule has 116 valence electrons. The van der Waals surface area contributed by atoms with Crippen molar-refractivity contribution in [2.24, 2.45) is 5.92 Å². The minimum Gasteiger partial charge on any atom is -0.481 e. The van der Waals surface area contributed by atoms with Gasteiger partial charge in [-0.1, -0.05) is 32.6 Å². The molecule has 0 aromatic heterocycles. The Kier molecular flexibility index (Phi) is 5.83. The van der Waals surface area contributed by atoms with Gasteiger partial charge in [-0.2, -0.15) is 13.2 Å². The number of alkyl halides is 3. The van der Waals surface area contributed by atoms with Crippen LogP contribution in [0.1, 0.15) is 45.4 Å². The quantitative estimate of drug-likeness (QED) is 0.811. The summed E-state index contributed by atoms with van der Waals surface area (Å²) >= 11 is 0. The number of amides is 1. The largest absolute Gasteiger partial charge is 0.481 e. The first-order valence-corrected chi connectivity index (χ1v) is 6.84. The summed E-state index contributed by atoms with van der Waals surface area (Å²) in [6, 6.07) is -0.506. The van der Waals surface area contributed by atoms with Crippen molar-refractivity contribution < 1.29 is 27.9 Å². The van der Waals surface area contributed by atoms with Crippen LogP contribution in [0.3, 0.4) is 0 Å². The van der Waals surface area contributed by atoms with Gasteiger partial charge in [0.05, 0.1) is 5.92 Å². The van der Waals surface area contributed by atoms with Gasteiger partial charge in [0.1, 0.15) is 0 Å². The van der Waals surface area contributed by atoms with Gasteiger partial charge in [0, 0.05) is 12.6 Å². The van der Waals surface area contributed by atoms with Crippen LogP contribution in [-0.4, -0.2) is 40.6 Å². The van der Waals surface area contributed by atoms with E-state index in [2.05, 4.69) is 0 Å². The summed E-state index contributed by atoms with van der Waals surface area (Å²) in [5.41, 5.74) is 0. The number of halogens is 3. The fraction of sp³-hybridized carbons (Fsp3) is 0.846. The van der Waals surface area contributed by atoms with Crippen molar-refractivity contribution in [1.29, 1.82) is 0 Å². The average Bonchev–Trinajstić information content (AvgIpc) is 2.62. The molecule has 0 saturated heterocycles. The molecule has 1 fully saturated rings. The molecule has 0 aromatic carbocycles. The lowest BCUT2D eigenvalue weighted by atomic mass is 10.0. The summed E-state index contributed by atoms with van der Waals surface area (Å²) in [5, 5.41) is 8.85. The van der Waals surface area contributed by atoms with Gasteiger partial charge < -0.3 is 10.0 Å². The minimum absolute atomic E-state index is 0.391. The van der Waals surface area contributed by atoms with Gasteiger partial charge in [0.2, 0.25) is 0 Å². The number of carboxylic acids is 1. The van der Waals surface area contributed by atoms with Crippen LogP contribution in [0.5, 0.6) is 0 Å². The molecule has 1 rings (SSSR count). The van der Waals surface area contributed by atoms with Crippen LogP contribution < -0.4 is 0 Å². The maximum absolute atomic E-state index is 12.7. The van der Waals surface area contributed by atoms with Crippen molar-refractivity contribution in [3.63, 3.8) is 0 Å². The third kappa shape index (κ3) is 4.68. The van der Waals surface area contributed by atoms with Crippen LogP contribution >= 0.6 is 0 Å². The normalized spacial score (nSPS) is 19.2. The van der Waals surface area contributed by atoms with E-state index in [1.807, 2.05) is 0 Å². The summed E-state index contributed by atoms with van der Waals surface area (Å²) in [4.78, 5) is 23.1. The van der Waals surface area contributed by atoms with Crippen molar-refractivity contribution in [2.75, 3.05) is 6.54 Å². The van der Waals surface area contributed by atoms with E-state index in [0.717, 1.165) is 30.6 Å². The molecule has 0 spiro atoms. The van der Waals surface area contributed by atoms with E-state index in [4.69, 9.17) is 5.11 Å². The summed E-state index contributed by atoms with van der Waals surface area (Å²) < 4.78 is 38.0. The monoisotopic (exact) mass is 295 g/mol. The second kappa shape index (κ2) is 6.95. The van der Waals surface area contributed by atoms with Crippen LogP contribution in [0, 0.1) is 5.92 Å². The number of rotatable bonds is 4. The van der Waals surface area contributed by atoms with E-state index < -0.39 is 36.6 Å². The van der Waals surface area contributed by atoms with Gasteiger partial charge in [-0.3, -0.25) is 9.59 Å². The number of aliphatic carboxylic acids is 1. The van der Waals surface area contributed by atoms with Crippen molar-refractivity contribution in [3.8, 4) is 0 Å². The first kappa shape index (κ1) is 16.8. The van der Waals surface area contributed by atoms with E-state index >= 15 is 0 Å². The predicted molar refractivity (Wildman–Crippen MR) is 66.1 cm³/mol. The highest BCUT2D eigenvalue weighted by molar-refractivity contribution is 5.82. The zero-order chi connectivity index (χ0) is 15.3. The molecule has 1 amide bonds. The Labute approximate surface area is 115 Å². The molecular weight excluding hydrogens is 275 g/mol. The van der Waals surface area contributed by atoms with Crippen LogP contribution in [-0.2, 0) is 9.59 Å². The lowest BCUT2D eigenvalue weighted by Crippen LogP contribution is -2.49. The van der Waals surface area contributed by atoms with Gasteiger partial charge in [-0.25, -0.2) is 0 Å². The van der Waals surface area contributed by atoms with E-state index in [1.165, 1.54) is 6.92 Å². The number of carbonyl (C=O) groups is 2. The molecule has 1 aliphatic carbocycles. The fourth-order valence-electron chi connectivity index (χ4n) is 2.50. The van der Waals surface area contributed by atoms with Crippen molar-refractivity contribution >= 4 is 11.9 Å². The minimum atomic E-state index is -4.95. The molecule has 1 unspecified atom stereocenters. The van der Waals surface area contributed by atoms with Crippen molar-refractivity contribution in [1.82, 2.24) is 4.90 Å². The molecule has 0 bridgehead atoms. The van der Waals surface area contributed by atoms with Gasteiger partial charge in [-0.05, 0) is 12.8 Å². The van der Waals surface area contributed by atoms with E-state index in [1.54, 1.807) is 0 Å². The fourth-order valence-corrected chi connectivity index (χ4v) is 2.50. The van der Waals surface area contributed by atoms with Crippen LogP contribution in [0.2, 0.25) is 0 Å². The van der Waals surface area contributed by atoms with Gasteiger partial charge >= 0.3 is 18.1 Å². The SMILES string of the molecule is CC(CN(C(=O)C(F)(F)F)C1CCCCCC1)C(=O)O. The number of carboxylic acid groups (broad SMARTS) is 1. The van der Waals surface area contributed by atoms with Crippen molar-refractivity contribution in [2.45, 2.75) is 57.7 Å². The number of hydrogen-bond donors (Lipinski definition) is 1. The lowest BCUT2D eigenvalue weighted by molar-refractivity contribution is -0.189. The van der Waals surface area contributed by atoms with Crippen LogP contribution in [0.15, 0.2) is 0 Å². The highest BCUT2D eigenvalue weighted by atomic mass is 19.4. The highest BCUT2D eigenvalue weighted by Gasteiger charge is 2.45. The molecule has 20 heavy (non-hydrogen) atoms. The Morgan fingerprint density at radius 2 is 1.70 bits per heavy atom. The number of hydrogen-bond acceptors (Lipinski definition) is 2. The highest BCUT2D eigenvalue weighted by Crippen LogP contribution is 2.27. The zero-order valence-corrected chi connectivity index (χ0v) is 11.4. The van der Waals surface area contributed by atoms with E-state index in [-0.39, 0.29) is 0 Å². The average molecular weight is 295 g/mol. The summed E-state index contributed by atoms with van der Waals surface area (Å²) in [6.45, 7) is 0.925. The standard InChI is InChI=1S/C13H20F3NO3/c1-9(11(18)19)8-17(12(20)13(14,15)16)10-6-4-2-3-5-7-10/h9-10H,2-8H2,1H3,(H,18,19). The molecule has 1 N–H and O–H groups in total. The molecule has 0 aromatic rings. The summed E-state index contributed by atoms with van der Waals surface area (Å²) in [5.74, 6) is -4.12. The van der Waals surface area contributed by atoms with Crippen LogP contribution in [0.4, 0.5) is 13.2 Å². The summed E-state index contributed by atoms with van der Waals surface area (Å²) in [6.07, 6.45) is -0.508. The molecule has 7 heteroatoms. The molecule has 0 aliphatic heterocycles. The smallest absolute Gasteiger partial charge is 0.471 e. The number of carbonyl (C=O) groups excluding carboxylic acids is 1. The Morgan fingerprint density at radius 1 is 1.20 bits per heavy atom. The summed E-state index contributed by atoms with van der Waals surface area (Å²) in [7, 11) is 0. The van der Waals surface area contributed by atoms with E-state index in [0.29, 0.717) is 12.8 Å². The molecule has 0 heterocycles. The third-order valence-corrected chi connectivity index (χ3v) is 3.66. The van der Waals surface area contributed by atoms with Crippen LogP contribution in [0.25, 0.3) is 0 Å². The first-order chi connectivity index (χ1) is 9.23. The molecule has 1 atom stereocenters. The van der Waals surface area contributed by atoms with Gasteiger partial charge in [0.15, 0.2) is 0 Å². The maximum atomic E-state index is 12.7. The Bertz CT molecular complexity index is 349. The molecular formula is C13H20F3NO3. The molecule has 1 saturated carbocycles. The third-order valence-electron chi connectivity index (χ3n) is 3.66.